The number of aromatic nitrogens is 4. The number of aryl methyl sites for hydroxylation is 1. The predicted molar refractivity (Wildman–Crippen MR) is 59.9 cm³/mol. The molecule has 0 aliphatic rings. The van der Waals surface area contributed by atoms with Crippen molar-refractivity contribution in [1.82, 2.24) is 25.1 Å². The Labute approximate surface area is 102 Å². The van der Waals surface area contributed by atoms with Crippen LogP contribution >= 0.6 is 0 Å². The molecule has 94 valence electrons. The minimum atomic E-state index is -1.22. The van der Waals surface area contributed by atoms with Gasteiger partial charge in [0.15, 0.2) is 11.4 Å². The van der Waals surface area contributed by atoms with Crippen LogP contribution < -0.4 is 5.32 Å². The van der Waals surface area contributed by atoms with E-state index in [9.17, 15) is 9.59 Å². The molecule has 0 unspecified atom stereocenters. The summed E-state index contributed by atoms with van der Waals surface area (Å²) in [6, 6.07) is 0. The number of rotatable bonds is 4. The third kappa shape index (κ3) is 2.37. The van der Waals surface area contributed by atoms with Crippen LogP contribution in [0, 0.1) is 0 Å². The maximum absolute atomic E-state index is 11.7. The van der Waals surface area contributed by atoms with Crippen LogP contribution in [0.15, 0.2) is 18.7 Å². The molecule has 0 saturated heterocycles. The third-order valence-electron chi connectivity index (χ3n) is 2.28. The summed E-state index contributed by atoms with van der Waals surface area (Å²) in [6.07, 6.45) is 4.54. The molecule has 0 aliphatic carbocycles. The summed E-state index contributed by atoms with van der Waals surface area (Å²) >= 11 is 0. The van der Waals surface area contributed by atoms with E-state index >= 15 is 0 Å². The number of nitrogens with one attached hydrogen (secondary N) is 2. The number of nitrogens with zero attached hydrogens (tertiary/aromatic N) is 3. The number of aromatic carboxylic acids is 1. The standard InChI is InChI=1S/C10H11N5O3/c1-15-4-6(3-14-15)2-11-9(16)7-8(10(17)18)13-5-12-7/h3-5H,2H2,1H3,(H,11,16)(H,12,13)(H,17,18). The summed E-state index contributed by atoms with van der Waals surface area (Å²) in [5.74, 6) is -1.77. The number of imidazole rings is 1. The molecule has 0 saturated carbocycles. The molecular formula is C10H11N5O3. The minimum Gasteiger partial charge on any atom is -0.477 e. The van der Waals surface area contributed by atoms with Crippen LogP contribution in [0.5, 0.6) is 0 Å². The van der Waals surface area contributed by atoms with Crippen molar-refractivity contribution in [3.05, 3.63) is 35.7 Å². The Morgan fingerprint density at radius 1 is 1.56 bits per heavy atom. The van der Waals surface area contributed by atoms with Crippen LogP contribution in [-0.2, 0) is 13.6 Å². The molecule has 8 nitrogen and oxygen atoms in total. The summed E-state index contributed by atoms with van der Waals surface area (Å²) in [6.45, 7) is 0.262. The summed E-state index contributed by atoms with van der Waals surface area (Å²) in [5, 5.41) is 15.4. The number of carbonyl (C=O) groups is 2. The van der Waals surface area contributed by atoms with Crippen molar-refractivity contribution in [3.63, 3.8) is 0 Å². The quantitative estimate of drug-likeness (QED) is 0.692. The zero-order valence-corrected chi connectivity index (χ0v) is 9.54. The van der Waals surface area contributed by atoms with Gasteiger partial charge in [-0.05, 0) is 0 Å². The first-order chi connectivity index (χ1) is 8.58. The largest absolute Gasteiger partial charge is 0.477 e. The highest BCUT2D eigenvalue weighted by Gasteiger charge is 2.19. The van der Waals surface area contributed by atoms with Crippen molar-refractivity contribution in [2.45, 2.75) is 6.54 Å². The zero-order valence-electron chi connectivity index (χ0n) is 9.54. The fraction of sp³-hybridized carbons (Fsp3) is 0.200. The first-order valence-corrected chi connectivity index (χ1v) is 5.10. The highest BCUT2D eigenvalue weighted by atomic mass is 16.4. The molecule has 2 aromatic rings. The van der Waals surface area contributed by atoms with Crippen molar-refractivity contribution in [2.75, 3.05) is 0 Å². The van der Waals surface area contributed by atoms with E-state index in [2.05, 4.69) is 20.4 Å². The highest BCUT2D eigenvalue weighted by molar-refractivity contribution is 6.02. The molecule has 1 amide bonds. The topological polar surface area (TPSA) is 113 Å². The monoisotopic (exact) mass is 249 g/mol. The lowest BCUT2D eigenvalue weighted by Gasteiger charge is -2.01. The molecule has 2 rings (SSSR count). The van der Waals surface area contributed by atoms with E-state index in [1.54, 1.807) is 24.1 Å². The second-order valence-electron chi connectivity index (χ2n) is 3.64. The van der Waals surface area contributed by atoms with E-state index in [1.165, 1.54) is 6.33 Å². The van der Waals surface area contributed by atoms with E-state index in [4.69, 9.17) is 5.11 Å². The number of carbonyl (C=O) groups excluding carboxylic acids is 1. The van der Waals surface area contributed by atoms with E-state index in [1.807, 2.05) is 0 Å². The Balaban J connectivity index is 2.04. The predicted octanol–water partition coefficient (Wildman–Crippen LogP) is -0.229. The molecule has 0 atom stereocenters. The Morgan fingerprint density at radius 3 is 2.94 bits per heavy atom. The molecule has 0 spiro atoms. The lowest BCUT2D eigenvalue weighted by atomic mass is 10.3. The summed E-state index contributed by atoms with van der Waals surface area (Å²) in [7, 11) is 1.77. The van der Waals surface area contributed by atoms with E-state index in [0.29, 0.717) is 0 Å². The molecule has 0 fully saturated rings. The molecule has 0 bridgehead atoms. The average Bonchev–Trinajstić information content (AvgIpc) is 2.94. The third-order valence-corrected chi connectivity index (χ3v) is 2.28. The molecular weight excluding hydrogens is 238 g/mol. The van der Waals surface area contributed by atoms with Crippen LogP contribution in [0.4, 0.5) is 0 Å². The van der Waals surface area contributed by atoms with Gasteiger partial charge in [0.05, 0.1) is 12.5 Å². The van der Waals surface area contributed by atoms with Crippen LogP contribution in [0.3, 0.4) is 0 Å². The second kappa shape index (κ2) is 4.70. The number of H-pyrrole nitrogens is 1. The van der Waals surface area contributed by atoms with Crippen molar-refractivity contribution < 1.29 is 14.7 Å². The van der Waals surface area contributed by atoms with Crippen LogP contribution in [0.1, 0.15) is 26.5 Å². The number of hydrogen-bond acceptors (Lipinski definition) is 4. The summed E-state index contributed by atoms with van der Waals surface area (Å²) < 4.78 is 1.61. The number of hydrogen-bond donors (Lipinski definition) is 3. The maximum atomic E-state index is 11.7. The van der Waals surface area contributed by atoms with Crippen LogP contribution in [-0.4, -0.2) is 36.7 Å². The Hall–Kier alpha value is -2.64. The number of carboxylic acids is 1. The van der Waals surface area contributed by atoms with Crippen LogP contribution in [0.25, 0.3) is 0 Å². The normalized spacial score (nSPS) is 10.3. The van der Waals surface area contributed by atoms with Crippen molar-refractivity contribution >= 4 is 11.9 Å². The van der Waals surface area contributed by atoms with Gasteiger partial charge in [0, 0.05) is 25.4 Å². The second-order valence-corrected chi connectivity index (χ2v) is 3.64. The zero-order chi connectivity index (χ0) is 13.1. The van der Waals surface area contributed by atoms with Gasteiger partial charge < -0.3 is 15.4 Å². The first kappa shape index (κ1) is 11.8. The van der Waals surface area contributed by atoms with Gasteiger partial charge in [0.25, 0.3) is 5.91 Å². The van der Waals surface area contributed by atoms with Gasteiger partial charge in [-0.2, -0.15) is 5.10 Å². The number of aromatic amines is 1. The fourth-order valence-corrected chi connectivity index (χ4v) is 1.46. The lowest BCUT2D eigenvalue weighted by Crippen LogP contribution is -2.25. The molecule has 8 heteroatoms. The average molecular weight is 249 g/mol. The van der Waals surface area contributed by atoms with E-state index < -0.39 is 11.9 Å². The number of amides is 1. The van der Waals surface area contributed by atoms with Crippen molar-refractivity contribution in [3.8, 4) is 0 Å². The Morgan fingerprint density at radius 2 is 2.33 bits per heavy atom. The minimum absolute atomic E-state index is 0.133. The van der Waals surface area contributed by atoms with Gasteiger partial charge in [0.1, 0.15) is 0 Å². The fourth-order valence-electron chi connectivity index (χ4n) is 1.46. The first-order valence-electron chi connectivity index (χ1n) is 5.10. The van der Waals surface area contributed by atoms with Gasteiger partial charge in [-0.1, -0.05) is 0 Å². The number of carboxylic acid groups (broad SMARTS) is 1. The lowest BCUT2D eigenvalue weighted by molar-refractivity contribution is 0.0685. The Kier molecular flexibility index (Phi) is 3.09. The summed E-state index contributed by atoms with van der Waals surface area (Å²) in [5.41, 5.74) is 0.461. The maximum Gasteiger partial charge on any atom is 0.354 e. The molecule has 0 aliphatic heterocycles. The van der Waals surface area contributed by atoms with Gasteiger partial charge in [-0.3, -0.25) is 9.48 Å². The van der Waals surface area contributed by atoms with Crippen molar-refractivity contribution in [1.29, 1.82) is 0 Å². The van der Waals surface area contributed by atoms with E-state index in [0.717, 1.165) is 5.56 Å². The van der Waals surface area contributed by atoms with Crippen molar-refractivity contribution in [2.24, 2.45) is 7.05 Å². The van der Waals surface area contributed by atoms with Crippen LogP contribution in [0.2, 0.25) is 0 Å². The molecule has 3 N–H and O–H groups in total. The highest BCUT2D eigenvalue weighted by Crippen LogP contribution is 2.03. The van der Waals surface area contributed by atoms with Gasteiger partial charge in [0.2, 0.25) is 0 Å². The summed E-state index contributed by atoms with van der Waals surface area (Å²) in [4.78, 5) is 28.6. The molecule has 0 radical (unpaired) electrons. The molecule has 18 heavy (non-hydrogen) atoms. The molecule has 2 aromatic heterocycles. The van der Waals surface area contributed by atoms with E-state index in [-0.39, 0.29) is 17.9 Å². The molecule has 0 aromatic carbocycles. The molecule has 2 heterocycles. The van der Waals surface area contributed by atoms with Gasteiger partial charge in [-0.25, -0.2) is 9.78 Å². The van der Waals surface area contributed by atoms with Gasteiger partial charge >= 0.3 is 5.97 Å². The smallest absolute Gasteiger partial charge is 0.354 e. The SMILES string of the molecule is Cn1cc(CNC(=O)c2nc[nH]c2C(=O)O)cn1. The van der Waals surface area contributed by atoms with Gasteiger partial charge in [-0.15, -0.1) is 0 Å². The Bertz CT molecular complexity index is 586.